The van der Waals surface area contributed by atoms with Gasteiger partial charge in [0.25, 0.3) is 0 Å². The summed E-state index contributed by atoms with van der Waals surface area (Å²) in [5.41, 5.74) is 3.78. The molecule has 146 valence electrons. The minimum absolute atomic E-state index is 0.231. The van der Waals surface area contributed by atoms with Gasteiger partial charge in [-0.3, -0.25) is 4.57 Å². The molecule has 0 spiro atoms. The van der Waals surface area contributed by atoms with E-state index in [2.05, 4.69) is 33.5 Å². The molecule has 0 aliphatic heterocycles. The van der Waals surface area contributed by atoms with Crippen molar-refractivity contribution in [1.29, 1.82) is 0 Å². The lowest BCUT2D eigenvalue weighted by atomic mass is 10.2. The van der Waals surface area contributed by atoms with E-state index in [9.17, 15) is 0 Å². The zero-order valence-electron chi connectivity index (χ0n) is 16.2. The van der Waals surface area contributed by atoms with Crippen LogP contribution in [0.2, 0.25) is 0 Å². The van der Waals surface area contributed by atoms with Crippen LogP contribution in [0.3, 0.4) is 0 Å². The molecule has 5 rings (SSSR count). The van der Waals surface area contributed by atoms with Crippen molar-refractivity contribution < 1.29 is 9.47 Å². The lowest BCUT2D eigenvalue weighted by Gasteiger charge is -2.08. The van der Waals surface area contributed by atoms with Crippen molar-refractivity contribution in [2.45, 2.75) is 20.5 Å². The molecule has 0 fully saturated rings. The van der Waals surface area contributed by atoms with Crippen LogP contribution in [0.25, 0.3) is 21.8 Å². The highest BCUT2D eigenvalue weighted by molar-refractivity contribution is 7.12. The van der Waals surface area contributed by atoms with Gasteiger partial charge in [0.2, 0.25) is 0 Å². The minimum Gasteiger partial charge on any atom is -0.493 e. The maximum Gasteiger partial charge on any atom is 0.195 e. The molecule has 0 atom stereocenters. The number of fused-ring (bicyclic) bond motifs is 3. The number of rotatable bonds is 5. The van der Waals surface area contributed by atoms with Crippen LogP contribution in [0.1, 0.15) is 17.1 Å². The largest absolute Gasteiger partial charge is 0.493 e. The molecule has 0 unspecified atom stereocenters. The first kappa shape index (κ1) is 17.6. The molecule has 29 heavy (non-hydrogen) atoms. The van der Waals surface area contributed by atoms with Crippen LogP contribution < -0.4 is 9.47 Å². The molecule has 0 aliphatic carbocycles. The Hall–Kier alpha value is -3.46. The number of methoxy groups -OCH3 is 1. The van der Waals surface area contributed by atoms with Gasteiger partial charge in [-0.05, 0) is 31.5 Å². The molecule has 8 nitrogen and oxygen atoms in total. The molecule has 0 radical (unpaired) electrons. The molecule has 1 aromatic carbocycles. The minimum atomic E-state index is 0.231. The van der Waals surface area contributed by atoms with Crippen LogP contribution in [0.15, 0.2) is 42.2 Å². The van der Waals surface area contributed by atoms with Crippen LogP contribution in [0.4, 0.5) is 0 Å². The van der Waals surface area contributed by atoms with Gasteiger partial charge in [0.1, 0.15) is 12.9 Å². The molecule has 0 aliphatic rings. The maximum absolute atomic E-state index is 5.88. The van der Waals surface area contributed by atoms with Crippen molar-refractivity contribution in [1.82, 2.24) is 29.1 Å². The summed E-state index contributed by atoms with van der Waals surface area (Å²) in [5.74, 6) is 1.90. The van der Waals surface area contributed by atoms with E-state index in [1.54, 1.807) is 35.5 Å². The number of ether oxygens (including phenoxy) is 2. The lowest BCUT2D eigenvalue weighted by Crippen LogP contribution is -2.00. The van der Waals surface area contributed by atoms with Crippen molar-refractivity contribution in [2.24, 2.45) is 0 Å². The van der Waals surface area contributed by atoms with Crippen LogP contribution in [-0.2, 0) is 6.61 Å². The number of nitrogens with zero attached hydrogens (tertiary/aromatic N) is 6. The molecular weight excluding hydrogens is 388 g/mol. The molecule has 9 heteroatoms. The van der Waals surface area contributed by atoms with E-state index in [1.807, 2.05) is 29.6 Å². The number of hydrogen-bond donors (Lipinski definition) is 0. The molecule has 4 aromatic heterocycles. The summed E-state index contributed by atoms with van der Waals surface area (Å²) in [4.78, 5) is 13.8. The van der Waals surface area contributed by atoms with Gasteiger partial charge >= 0.3 is 0 Å². The Bertz CT molecular complexity index is 1320. The summed E-state index contributed by atoms with van der Waals surface area (Å²) in [7, 11) is 1.62. The molecule has 0 saturated heterocycles. The summed E-state index contributed by atoms with van der Waals surface area (Å²) in [6, 6.07) is 7.51. The van der Waals surface area contributed by atoms with Crippen LogP contribution in [0.5, 0.6) is 11.5 Å². The van der Waals surface area contributed by atoms with Gasteiger partial charge in [-0.15, -0.1) is 16.4 Å². The van der Waals surface area contributed by atoms with Gasteiger partial charge in [0.05, 0.1) is 12.5 Å². The topological polar surface area (TPSA) is 79.4 Å². The van der Waals surface area contributed by atoms with E-state index >= 15 is 0 Å². The van der Waals surface area contributed by atoms with Gasteiger partial charge < -0.3 is 9.47 Å². The number of aryl methyl sites for hydroxylation is 1. The summed E-state index contributed by atoms with van der Waals surface area (Å²) in [6.45, 7) is 4.37. The highest BCUT2D eigenvalue weighted by atomic mass is 32.1. The van der Waals surface area contributed by atoms with Gasteiger partial charge in [-0.1, -0.05) is 12.1 Å². The summed E-state index contributed by atoms with van der Waals surface area (Å²) in [5, 5.41) is 8.34. The van der Waals surface area contributed by atoms with Gasteiger partial charge in [0.15, 0.2) is 33.7 Å². The quantitative estimate of drug-likeness (QED) is 0.442. The normalized spacial score (nSPS) is 11.4. The Morgan fingerprint density at radius 1 is 1.07 bits per heavy atom. The third-order valence-corrected chi connectivity index (χ3v) is 5.67. The first-order valence-corrected chi connectivity index (χ1v) is 9.93. The standard InChI is InChI=1S/C20H18N6O2S/c1-12-13(2)26(20-21-8-9-29-20)18-17(12)19-23-16(24-25(19)11-22-18)10-28-15-7-5-4-6-14(15)27-3/h4-9,11H,10H2,1-3H3. The fraction of sp³-hybridized carbons (Fsp3) is 0.200. The molecule has 5 aromatic rings. The Labute approximate surface area is 170 Å². The highest BCUT2D eigenvalue weighted by Gasteiger charge is 2.20. The maximum atomic E-state index is 5.88. The van der Waals surface area contributed by atoms with Crippen molar-refractivity contribution >= 4 is 28.0 Å². The van der Waals surface area contributed by atoms with E-state index in [0.717, 1.165) is 33.1 Å². The monoisotopic (exact) mass is 406 g/mol. The van der Waals surface area contributed by atoms with Crippen LogP contribution >= 0.6 is 11.3 Å². The van der Waals surface area contributed by atoms with Gasteiger partial charge in [-0.2, -0.15) is 0 Å². The number of para-hydroxylation sites is 2. The van der Waals surface area contributed by atoms with Crippen molar-refractivity contribution in [2.75, 3.05) is 7.11 Å². The van der Waals surface area contributed by atoms with E-state index in [1.165, 1.54) is 0 Å². The SMILES string of the molecule is COc1ccccc1OCc1nc2c3c(C)c(C)n(-c4nccs4)c3ncn2n1. The Balaban J connectivity index is 1.57. The number of hydrogen-bond acceptors (Lipinski definition) is 7. The first-order valence-electron chi connectivity index (χ1n) is 9.05. The van der Waals surface area contributed by atoms with E-state index in [0.29, 0.717) is 17.3 Å². The second kappa shape index (κ2) is 6.85. The third kappa shape index (κ3) is 2.82. The fourth-order valence-electron chi connectivity index (χ4n) is 3.41. The van der Waals surface area contributed by atoms with Gasteiger partial charge in [-0.25, -0.2) is 19.5 Å². The van der Waals surface area contributed by atoms with E-state index in [4.69, 9.17) is 14.5 Å². The lowest BCUT2D eigenvalue weighted by molar-refractivity contribution is 0.276. The zero-order valence-corrected chi connectivity index (χ0v) is 17.0. The number of aromatic nitrogens is 6. The molecule has 0 N–H and O–H groups in total. The molecule has 0 amide bonds. The van der Waals surface area contributed by atoms with Crippen LogP contribution in [0, 0.1) is 13.8 Å². The average molecular weight is 406 g/mol. The number of thiazole rings is 1. The Kier molecular flexibility index (Phi) is 4.17. The second-order valence-electron chi connectivity index (χ2n) is 6.54. The van der Waals surface area contributed by atoms with Crippen LogP contribution in [-0.4, -0.2) is 36.2 Å². The zero-order chi connectivity index (χ0) is 20.0. The Morgan fingerprint density at radius 3 is 2.66 bits per heavy atom. The average Bonchev–Trinajstić information content (AvgIpc) is 3.45. The van der Waals surface area contributed by atoms with Crippen molar-refractivity contribution in [3.63, 3.8) is 0 Å². The first-order chi connectivity index (χ1) is 14.2. The molecule has 0 saturated carbocycles. The predicted octanol–water partition coefficient (Wildman–Crippen LogP) is 3.73. The van der Waals surface area contributed by atoms with Crippen molar-refractivity contribution in [3.8, 4) is 16.6 Å². The fourth-order valence-corrected chi connectivity index (χ4v) is 4.10. The summed E-state index contributed by atoms with van der Waals surface area (Å²) < 4.78 is 15.0. The van der Waals surface area contributed by atoms with E-state index < -0.39 is 0 Å². The molecule has 4 heterocycles. The Morgan fingerprint density at radius 2 is 1.90 bits per heavy atom. The van der Waals surface area contributed by atoms with Crippen molar-refractivity contribution in [3.05, 3.63) is 59.3 Å². The summed E-state index contributed by atoms with van der Waals surface area (Å²) in [6.07, 6.45) is 3.48. The number of benzene rings is 1. The summed E-state index contributed by atoms with van der Waals surface area (Å²) >= 11 is 1.58. The highest BCUT2D eigenvalue weighted by Crippen LogP contribution is 2.31. The van der Waals surface area contributed by atoms with Gasteiger partial charge in [0, 0.05) is 17.3 Å². The molecular formula is C20H18N6O2S. The second-order valence-corrected chi connectivity index (χ2v) is 7.41. The molecule has 0 bridgehead atoms. The van der Waals surface area contributed by atoms with E-state index in [-0.39, 0.29) is 6.61 Å². The smallest absolute Gasteiger partial charge is 0.195 e. The third-order valence-electron chi connectivity index (χ3n) is 4.91. The predicted molar refractivity (Wildman–Crippen MR) is 110 cm³/mol.